The summed E-state index contributed by atoms with van der Waals surface area (Å²) in [5.41, 5.74) is 1.37. The SMILES string of the molecule is CCC1=CC(Cl)CCC=C1. The Balaban J connectivity index is 2.63. The molecule has 0 spiro atoms. The van der Waals surface area contributed by atoms with Crippen molar-refractivity contribution >= 4 is 11.6 Å². The number of allylic oxidation sites excluding steroid dienone is 4. The van der Waals surface area contributed by atoms with Crippen LogP contribution in [0.15, 0.2) is 23.8 Å². The third kappa shape index (κ3) is 2.18. The first-order valence-electron chi connectivity index (χ1n) is 3.84. The van der Waals surface area contributed by atoms with Gasteiger partial charge >= 0.3 is 0 Å². The maximum atomic E-state index is 5.98. The molecule has 0 amide bonds. The van der Waals surface area contributed by atoms with E-state index < -0.39 is 0 Å². The van der Waals surface area contributed by atoms with Gasteiger partial charge in [-0.3, -0.25) is 0 Å². The molecule has 0 bridgehead atoms. The number of hydrogen-bond donors (Lipinski definition) is 0. The van der Waals surface area contributed by atoms with E-state index in [1.807, 2.05) is 0 Å². The van der Waals surface area contributed by atoms with E-state index in [9.17, 15) is 0 Å². The molecule has 0 fully saturated rings. The standard InChI is InChI=1S/C9H13Cl/c1-2-8-5-3-4-6-9(10)7-8/h3,5,7,9H,2,4,6H2,1H3. The summed E-state index contributed by atoms with van der Waals surface area (Å²) in [6, 6.07) is 0. The molecule has 10 heavy (non-hydrogen) atoms. The van der Waals surface area contributed by atoms with E-state index in [0.717, 1.165) is 19.3 Å². The number of halogens is 1. The van der Waals surface area contributed by atoms with Gasteiger partial charge in [0.15, 0.2) is 0 Å². The molecule has 1 unspecified atom stereocenters. The predicted octanol–water partition coefficient (Wildman–Crippen LogP) is 3.28. The quantitative estimate of drug-likeness (QED) is 0.512. The first kappa shape index (κ1) is 7.87. The Kier molecular flexibility index (Phi) is 3.01. The highest BCUT2D eigenvalue weighted by molar-refractivity contribution is 6.21. The molecule has 56 valence electrons. The summed E-state index contributed by atoms with van der Waals surface area (Å²) < 4.78 is 0. The monoisotopic (exact) mass is 156 g/mol. The molecule has 0 nitrogen and oxygen atoms in total. The van der Waals surface area contributed by atoms with Crippen LogP contribution in [-0.4, -0.2) is 5.38 Å². The Morgan fingerprint density at radius 2 is 2.50 bits per heavy atom. The van der Waals surface area contributed by atoms with Crippen molar-refractivity contribution < 1.29 is 0 Å². The van der Waals surface area contributed by atoms with Crippen LogP contribution in [0.4, 0.5) is 0 Å². The minimum absolute atomic E-state index is 0.255. The third-order valence-electron chi connectivity index (χ3n) is 1.74. The van der Waals surface area contributed by atoms with Gasteiger partial charge in [0.2, 0.25) is 0 Å². The van der Waals surface area contributed by atoms with Crippen LogP contribution in [0.25, 0.3) is 0 Å². The first-order valence-corrected chi connectivity index (χ1v) is 4.28. The second-order valence-corrected chi connectivity index (χ2v) is 3.15. The predicted molar refractivity (Wildman–Crippen MR) is 46.4 cm³/mol. The Bertz CT molecular complexity index is 156. The molecular weight excluding hydrogens is 144 g/mol. The molecule has 0 radical (unpaired) electrons. The summed E-state index contributed by atoms with van der Waals surface area (Å²) in [5.74, 6) is 0. The van der Waals surface area contributed by atoms with E-state index >= 15 is 0 Å². The fraction of sp³-hybridized carbons (Fsp3) is 0.556. The van der Waals surface area contributed by atoms with Crippen molar-refractivity contribution in [1.82, 2.24) is 0 Å². The summed E-state index contributed by atoms with van der Waals surface area (Å²) in [5, 5.41) is 0.255. The Hall–Kier alpha value is -0.230. The van der Waals surface area contributed by atoms with E-state index in [4.69, 9.17) is 11.6 Å². The van der Waals surface area contributed by atoms with E-state index in [1.54, 1.807) is 0 Å². The Labute approximate surface area is 67.6 Å². The molecule has 0 saturated carbocycles. The van der Waals surface area contributed by atoms with Crippen LogP contribution in [-0.2, 0) is 0 Å². The van der Waals surface area contributed by atoms with Gasteiger partial charge < -0.3 is 0 Å². The smallest absolute Gasteiger partial charge is 0.0524 e. The second kappa shape index (κ2) is 3.82. The van der Waals surface area contributed by atoms with Crippen molar-refractivity contribution in [3.8, 4) is 0 Å². The number of rotatable bonds is 1. The molecule has 1 aliphatic carbocycles. The van der Waals surface area contributed by atoms with Crippen molar-refractivity contribution in [2.45, 2.75) is 31.6 Å². The largest absolute Gasteiger partial charge is 0.118 e. The van der Waals surface area contributed by atoms with Crippen LogP contribution < -0.4 is 0 Å². The van der Waals surface area contributed by atoms with Crippen LogP contribution in [0, 0.1) is 0 Å². The minimum Gasteiger partial charge on any atom is -0.118 e. The van der Waals surface area contributed by atoms with E-state index in [-0.39, 0.29) is 5.38 Å². The topological polar surface area (TPSA) is 0 Å². The minimum atomic E-state index is 0.255. The molecule has 1 atom stereocenters. The highest BCUT2D eigenvalue weighted by Gasteiger charge is 2.02. The summed E-state index contributed by atoms with van der Waals surface area (Å²) in [6.45, 7) is 2.16. The van der Waals surface area contributed by atoms with Gasteiger partial charge in [0.05, 0.1) is 5.38 Å². The van der Waals surface area contributed by atoms with Gasteiger partial charge in [-0.15, -0.1) is 11.6 Å². The normalized spacial score (nSPS) is 25.8. The molecule has 0 N–H and O–H groups in total. The van der Waals surface area contributed by atoms with Gasteiger partial charge in [-0.1, -0.05) is 30.7 Å². The Morgan fingerprint density at radius 3 is 3.20 bits per heavy atom. The molecule has 0 heterocycles. The van der Waals surface area contributed by atoms with Crippen molar-refractivity contribution in [3.63, 3.8) is 0 Å². The van der Waals surface area contributed by atoms with Crippen molar-refractivity contribution in [2.24, 2.45) is 0 Å². The van der Waals surface area contributed by atoms with E-state index in [0.29, 0.717) is 0 Å². The van der Waals surface area contributed by atoms with Crippen molar-refractivity contribution in [1.29, 1.82) is 0 Å². The van der Waals surface area contributed by atoms with Crippen LogP contribution in [0.5, 0.6) is 0 Å². The lowest BCUT2D eigenvalue weighted by molar-refractivity contribution is 0.880. The average Bonchev–Trinajstić information content (AvgIpc) is 2.13. The molecular formula is C9H13Cl. The molecule has 1 rings (SSSR count). The van der Waals surface area contributed by atoms with Crippen LogP contribution >= 0.6 is 11.6 Å². The maximum absolute atomic E-state index is 5.98. The molecule has 0 aromatic carbocycles. The molecule has 0 aromatic heterocycles. The highest BCUT2D eigenvalue weighted by Crippen LogP contribution is 2.17. The molecule has 0 aromatic rings. The lowest BCUT2D eigenvalue weighted by atomic mass is 10.2. The third-order valence-corrected chi connectivity index (χ3v) is 2.09. The van der Waals surface area contributed by atoms with Crippen LogP contribution in [0.2, 0.25) is 0 Å². The van der Waals surface area contributed by atoms with E-state index in [2.05, 4.69) is 25.2 Å². The summed E-state index contributed by atoms with van der Waals surface area (Å²) in [4.78, 5) is 0. The second-order valence-electron chi connectivity index (χ2n) is 2.59. The number of hydrogen-bond acceptors (Lipinski definition) is 0. The molecule has 0 saturated heterocycles. The molecule has 0 aliphatic heterocycles. The van der Waals surface area contributed by atoms with E-state index in [1.165, 1.54) is 5.57 Å². The van der Waals surface area contributed by atoms with Crippen LogP contribution in [0.3, 0.4) is 0 Å². The van der Waals surface area contributed by atoms with Gasteiger partial charge in [-0.2, -0.15) is 0 Å². The van der Waals surface area contributed by atoms with Crippen molar-refractivity contribution in [3.05, 3.63) is 23.8 Å². The van der Waals surface area contributed by atoms with Gasteiger partial charge in [0.1, 0.15) is 0 Å². The summed E-state index contributed by atoms with van der Waals surface area (Å²) in [7, 11) is 0. The highest BCUT2D eigenvalue weighted by atomic mass is 35.5. The van der Waals surface area contributed by atoms with Gasteiger partial charge in [0.25, 0.3) is 0 Å². The fourth-order valence-electron chi connectivity index (χ4n) is 1.10. The molecule has 1 aliphatic rings. The first-order chi connectivity index (χ1) is 4.83. The maximum Gasteiger partial charge on any atom is 0.0524 e. The lowest BCUT2D eigenvalue weighted by Crippen LogP contribution is -1.90. The zero-order valence-electron chi connectivity index (χ0n) is 6.31. The molecule has 1 heteroatoms. The Morgan fingerprint density at radius 1 is 1.70 bits per heavy atom. The van der Waals surface area contributed by atoms with Gasteiger partial charge in [-0.05, 0) is 19.3 Å². The zero-order valence-corrected chi connectivity index (χ0v) is 7.06. The van der Waals surface area contributed by atoms with Gasteiger partial charge in [-0.25, -0.2) is 0 Å². The summed E-state index contributed by atoms with van der Waals surface area (Å²) in [6.07, 6.45) is 9.85. The van der Waals surface area contributed by atoms with Crippen molar-refractivity contribution in [2.75, 3.05) is 0 Å². The van der Waals surface area contributed by atoms with Gasteiger partial charge in [0, 0.05) is 0 Å². The average molecular weight is 157 g/mol. The van der Waals surface area contributed by atoms with Crippen LogP contribution in [0.1, 0.15) is 26.2 Å². The lowest BCUT2D eigenvalue weighted by Gasteiger charge is -1.99. The summed E-state index contributed by atoms with van der Waals surface area (Å²) >= 11 is 5.98. The number of alkyl halides is 1. The zero-order chi connectivity index (χ0) is 7.40. The fourth-order valence-corrected chi connectivity index (χ4v) is 1.38.